The van der Waals surface area contributed by atoms with Gasteiger partial charge >= 0.3 is 0 Å². The minimum Gasteiger partial charge on any atom is -0.489 e. The van der Waals surface area contributed by atoms with E-state index in [4.69, 9.17) is 4.74 Å². The second-order valence-electron chi connectivity index (χ2n) is 6.54. The molecule has 1 aliphatic carbocycles. The van der Waals surface area contributed by atoms with Crippen LogP contribution in [0.3, 0.4) is 0 Å². The molecule has 23 heavy (non-hydrogen) atoms. The molecule has 3 heteroatoms. The van der Waals surface area contributed by atoms with Crippen molar-refractivity contribution in [1.29, 1.82) is 5.26 Å². The molecule has 0 atom stereocenters. The number of carbonyl (C=O) groups excluding carboxylic acids is 1. The Morgan fingerprint density at radius 3 is 2.57 bits per heavy atom. The first-order chi connectivity index (χ1) is 11.1. The topological polar surface area (TPSA) is 50.1 Å². The van der Waals surface area contributed by atoms with Crippen LogP contribution in [0.5, 0.6) is 5.75 Å². The van der Waals surface area contributed by atoms with Gasteiger partial charge in [0.1, 0.15) is 17.4 Å². The minimum absolute atomic E-state index is 0.0297. The molecule has 3 rings (SSSR count). The van der Waals surface area contributed by atoms with Crippen LogP contribution in [0.1, 0.15) is 55.5 Å². The number of rotatable bonds is 3. The van der Waals surface area contributed by atoms with Crippen LogP contribution in [-0.4, -0.2) is 11.9 Å². The van der Waals surface area contributed by atoms with Gasteiger partial charge in [-0.2, -0.15) is 5.26 Å². The van der Waals surface area contributed by atoms with E-state index in [1.54, 1.807) is 13.0 Å². The number of nitrogens with zero attached hydrogens (tertiary/aromatic N) is 1. The van der Waals surface area contributed by atoms with E-state index in [0.29, 0.717) is 16.9 Å². The molecule has 1 fully saturated rings. The lowest BCUT2D eigenvalue weighted by Gasteiger charge is -2.27. The highest BCUT2D eigenvalue weighted by Gasteiger charge is 2.21. The summed E-state index contributed by atoms with van der Waals surface area (Å²) in [5.41, 5.74) is 1.23. The molecule has 0 N–H and O–H groups in total. The molecule has 1 saturated carbocycles. The third-order valence-corrected chi connectivity index (χ3v) is 4.76. The number of Topliss-reactive ketones (excluding diaryl/α,β-unsaturated/α-hetero) is 1. The first kappa shape index (κ1) is 15.6. The summed E-state index contributed by atoms with van der Waals surface area (Å²) in [5.74, 6) is 1.46. The summed E-state index contributed by atoms with van der Waals surface area (Å²) in [5, 5.41) is 11.3. The highest BCUT2D eigenvalue weighted by molar-refractivity contribution is 6.00. The predicted octanol–water partition coefficient (Wildman–Crippen LogP) is 4.87. The summed E-state index contributed by atoms with van der Waals surface area (Å²) < 4.78 is 6.12. The average molecular weight is 307 g/mol. The van der Waals surface area contributed by atoms with Gasteiger partial charge in [-0.25, -0.2) is 0 Å². The van der Waals surface area contributed by atoms with Gasteiger partial charge in [-0.05, 0) is 56.0 Å². The van der Waals surface area contributed by atoms with Crippen LogP contribution in [0.2, 0.25) is 0 Å². The van der Waals surface area contributed by atoms with Crippen molar-refractivity contribution in [2.45, 2.75) is 45.6 Å². The number of ether oxygens (including phenoxy) is 1. The van der Waals surface area contributed by atoms with E-state index in [1.807, 2.05) is 24.3 Å². The predicted molar refractivity (Wildman–Crippen MR) is 90.7 cm³/mol. The molecule has 0 unspecified atom stereocenters. The highest BCUT2D eigenvalue weighted by Crippen LogP contribution is 2.32. The lowest BCUT2D eigenvalue weighted by atomic mass is 9.89. The number of hydrogen-bond donors (Lipinski definition) is 0. The molecule has 3 nitrogen and oxygen atoms in total. The lowest BCUT2D eigenvalue weighted by Crippen LogP contribution is -2.23. The van der Waals surface area contributed by atoms with Crippen molar-refractivity contribution in [3.05, 3.63) is 41.5 Å². The second kappa shape index (κ2) is 6.42. The molecule has 2 aromatic rings. The molecule has 0 bridgehead atoms. The molecule has 0 amide bonds. The monoisotopic (exact) mass is 307 g/mol. The van der Waals surface area contributed by atoms with Crippen molar-refractivity contribution >= 4 is 16.6 Å². The highest BCUT2D eigenvalue weighted by atomic mass is 16.5. The van der Waals surface area contributed by atoms with Crippen LogP contribution in [0.4, 0.5) is 0 Å². The van der Waals surface area contributed by atoms with Crippen LogP contribution >= 0.6 is 0 Å². The Hall–Kier alpha value is -2.34. The zero-order valence-corrected chi connectivity index (χ0v) is 13.6. The van der Waals surface area contributed by atoms with Crippen molar-refractivity contribution in [3.8, 4) is 11.8 Å². The van der Waals surface area contributed by atoms with E-state index in [-0.39, 0.29) is 11.9 Å². The van der Waals surface area contributed by atoms with E-state index in [1.165, 1.54) is 12.8 Å². The van der Waals surface area contributed by atoms with Gasteiger partial charge in [0.25, 0.3) is 0 Å². The SMILES string of the molecule is CC(=O)c1ccc2c(C#N)c(O[C@H]3CC[C@@H](C)CC3)ccc2c1. The normalized spacial score (nSPS) is 20.9. The molecular weight excluding hydrogens is 286 g/mol. The summed E-state index contributed by atoms with van der Waals surface area (Å²) in [6.45, 7) is 3.83. The van der Waals surface area contributed by atoms with Crippen molar-refractivity contribution in [1.82, 2.24) is 0 Å². The Morgan fingerprint density at radius 1 is 1.17 bits per heavy atom. The largest absolute Gasteiger partial charge is 0.489 e. The van der Waals surface area contributed by atoms with Crippen molar-refractivity contribution in [2.24, 2.45) is 5.92 Å². The molecule has 0 saturated heterocycles. The Kier molecular flexibility index (Phi) is 4.34. The van der Waals surface area contributed by atoms with Gasteiger partial charge in [-0.1, -0.05) is 25.1 Å². The maximum Gasteiger partial charge on any atom is 0.159 e. The van der Waals surface area contributed by atoms with Crippen LogP contribution in [0.25, 0.3) is 10.8 Å². The Labute approximate surface area is 136 Å². The molecule has 0 heterocycles. The number of benzene rings is 2. The second-order valence-corrected chi connectivity index (χ2v) is 6.54. The van der Waals surface area contributed by atoms with Gasteiger partial charge in [0.2, 0.25) is 0 Å². The van der Waals surface area contributed by atoms with Crippen LogP contribution < -0.4 is 4.74 Å². The smallest absolute Gasteiger partial charge is 0.159 e. The Balaban J connectivity index is 1.94. The fourth-order valence-electron chi connectivity index (χ4n) is 3.27. The van der Waals surface area contributed by atoms with E-state index >= 15 is 0 Å². The van der Waals surface area contributed by atoms with Crippen LogP contribution in [0, 0.1) is 17.2 Å². The van der Waals surface area contributed by atoms with Crippen LogP contribution in [0.15, 0.2) is 30.3 Å². The summed E-state index contributed by atoms with van der Waals surface area (Å²) in [6, 6.07) is 11.5. The number of fused-ring (bicyclic) bond motifs is 1. The maximum atomic E-state index is 11.5. The zero-order valence-electron chi connectivity index (χ0n) is 13.6. The molecule has 0 spiro atoms. The van der Waals surface area contributed by atoms with Gasteiger partial charge in [0.05, 0.1) is 6.10 Å². The van der Waals surface area contributed by atoms with Crippen molar-refractivity contribution < 1.29 is 9.53 Å². The number of carbonyl (C=O) groups is 1. The van der Waals surface area contributed by atoms with Gasteiger partial charge in [-0.3, -0.25) is 4.79 Å². The molecule has 0 aliphatic heterocycles. The minimum atomic E-state index is 0.0297. The van der Waals surface area contributed by atoms with Crippen molar-refractivity contribution in [3.63, 3.8) is 0 Å². The number of nitriles is 1. The first-order valence-corrected chi connectivity index (χ1v) is 8.23. The Bertz CT molecular complexity index is 780. The van der Waals surface area contributed by atoms with Gasteiger partial charge in [0.15, 0.2) is 5.78 Å². The molecule has 0 radical (unpaired) electrons. The van der Waals surface area contributed by atoms with Crippen molar-refractivity contribution in [2.75, 3.05) is 0 Å². The molecule has 1 aliphatic rings. The molecule has 118 valence electrons. The molecule has 0 aromatic heterocycles. The molecule has 2 aromatic carbocycles. The van der Waals surface area contributed by atoms with Crippen LogP contribution in [-0.2, 0) is 0 Å². The third kappa shape index (κ3) is 3.22. The molecular formula is C20H21NO2. The number of hydrogen-bond acceptors (Lipinski definition) is 3. The third-order valence-electron chi connectivity index (χ3n) is 4.76. The lowest BCUT2D eigenvalue weighted by molar-refractivity contribution is 0.101. The average Bonchev–Trinajstić information content (AvgIpc) is 2.56. The number of ketones is 1. The fourth-order valence-corrected chi connectivity index (χ4v) is 3.27. The van der Waals surface area contributed by atoms with E-state index < -0.39 is 0 Å². The zero-order chi connectivity index (χ0) is 16.4. The van der Waals surface area contributed by atoms with E-state index in [0.717, 1.165) is 29.5 Å². The van der Waals surface area contributed by atoms with Gasteiger partial charge < -0.3 is 4.74 Å². The quantitative estimate of drug-likeness (QED) is 0.760. The summed E-state index contributed by atoms with van der Waals surface area (Å²) >= 11 is 0. The summed E-state index contributed by atoms with van der Waals surface area (Å²) in [4.78, 5) is 11.5. The van der Waals surface area contributed by atoms with Gasteiger partial charge in [0, 0.05) is 10.9 Å². The van der Waals surface area contributed by atoms with E-state index in [9.17, 15) is 10.1 Å². The maximum absolute atomic E-state index is 11.5. The first-order valence-electron chi connectivity index (χ1n) is 8.23. The standard InChI is InChI=1S/C20H21NO2/c1-13-3-7-17(8-4-13)23-20-10-6-16-11-15(14(2)22)5-9-18(16)19(20)12-21/h5-6,9-11,13,17H,3-4,7-8H2,1-2H3/t13-,17+. The van der Waals surface area contributed by atoms with E-state index in [2.05, 4.69) is 13.0 Å². The Morgan fingerprint density at radius 2 is 1.91 bits per heavy atom. The fraction of sp³-hybridized carbons (Fsp3) is 0.400. The van der Waals surface area contributed by atoms with Gasteiger partial charge in [-0.15, -0.1) is 0 Å². The summed E-state index contributed by atoms with van der Waals surface area (Å²) in [6.07, 6.45) is 4.66. The summed E-state index contributed by atoms with van der Waals surface area (Å²) in [7, 11) is 0.